The van der Waals surface area contributed by atoms with Gasteiger partial charge in [0, 0.05) is 32.1 Å². The fourth-order valence-electron chi connectivity index (χ4n) is 2.46. The van der Waals surface area contributed by atoms with E-state index in [-0.39, 0.29) is 17.4 Å². The summed E-state index contributed by atoms with van der Waals surface area (Å²) in [4.78, 5) is 6.56. The summed E-state index contributed by atoms with van der Waals surface area (Å²) in [6, 6.07) is 0. The third-order valence-corrected chi connectivity index (χ3v) is 5.28. The van der Waals surface area contributed by atoms with E-state index in [1.807, 2.05) is 0 Å². The molecule has 2 N–H and O–H groups in total. The number of nitrogens with one attached hydrogen (secondary N) is 2. The number of aromatic amines is 1. The Bertz CT molecular complexity index is 520. The number of hydrogen-bond donors (Lipinski definition) is 2. The lowest BCUT2D eigenvalue weighted by molar-refractivity contribution is 0.580. The number of H-pyrrole nitrogens is 1. The van der Waals surface area contributed by atoms with Crippen LogP contribution in [0.15, 0.2) is 0 Å². The third kappa shape index (κ3) is 2.35. The molecule has 0 bridgehead atoms. The average Bonchev–Trinajstić information content (AvgIpc) is 2.96. The molecule has 100 valence electrons. The fraction of sp³-hybridized carbons (Fsp3) is 0.800. The van der Waals surface area contributed by atoms with Gasteiger partial charge in [-0.15, -0.1) is 5.10 Å². The van der Waals surface area contributed by atoms with Crippen molar-refractivity contribution in [2.75, 3.05) is 42.6 Å². The van der Waals surface area contributed by atoms with Crippen LogP contribution < -0.4 is 10.2 Å². The van der Waals surface area contributed by atoms with Crippen LogP contribution >= 0.6 is 0 Å². The average molecular weight is 271 g/mol. The highest BCUT2D eigenvalue weighted by atomic mass is 32.2. The summed E-state index contributed by atoms with van der Waals surface area (Å²) in [5, 5.41) is 10.4. The van der Waals surface area contributed by atoms with Crippen LogP contribution in [0.2, 0.25) is 0 Å². The van der Waals surface area contributed by atoms with Crippen LogP contribution in [0.4, 0.5) is 5.95 Å². The maximum absolute atomic E-state index is 11.4. The third-order valence-electron chi connectivity index (χ3n) is 3.51. The van der Waals surface area contributed by atoms with Gasteiger partial charge in [0.15, 0.2) is 9.84 Å². The molecule has 0 saturated carbocycles. The first-order valence-corrected chi connectivity index (χ1v) is 8.04. The minimum Gasteiger partial charge on any atom is -0.337 e. The molecular weight excluding hydrogens is 254 g/mol. The number of rotatable bonds is 2. The Kier molecular flexibility index (Phi) is 2.98. The number of piperazine rings is 1. The van der Waals surface area contributed by atoms with E-state index in [1.54, 1.807) is 0 Å². The van der Waals surface area contributed by atoms with E-state index < -0.39 is 9.84 Å². The highest BCUT2D eigenvalue weighted by Gasteiger charge is 2.31. The van der Waals surface area contributed by atoms with Crippen molar-refractivity contribution in [1.29, 1.82) is 0 Å². The van der Waals surface area contributed by atoms with Crippen LogP contribution in [0.1, 0.15) is 18.2 Å². The molecule has 0 aromatic carbocycles. The monoisotopic (exact) mass is 271 g/mol. The second-order valence-corrected chi connectivity index (χ2v) is 7.09. The van der Waals surface area contributed by atoms with E-state index in [0.717, 1.165) is 26.2 Å². The molecule has 18 heavy (non-hydrogen) atoms. The normalized spacial score (nSPS) is 27.6. The van der Waals surface area contributed by atoms with Gasteiger partial charge in [0.05, 0.1) is 11.5 Å². The van der Waals surface area contributed by atoms with Gasteiger partial charge in [-0.2, -0.15) is 4.98 Å². The van der Waals surface area contributed by atoms with Crippen molar-refractivity contribution in [2.24, 2.45) is 0 Å². The molecule has 2 aliphatic rings. The number of aromatic nitrogens is 3. The minimum absolute atomic E-state index is 0.0147. The number of hydrogen-bond acceptors (Lipinski definition) is 6. The molecule has 0 aliphatic carbocycles. The van der Waals surface area contributed by atoms with Crippen LogP contribution in [-0.4, -0.2) is 61.3 Å². The number of anilines is 1. The van der Waals surface area contributed by atoms with Crippen molar-refractivity contribution in [1.82, 2.24) is 20.5 Å². The Morgan fingerprint density at radius 3 is 2.72 bits per heavy atom. The van der Waals surface area contributed by atoms with Crippen LogP contribution in [-0.2, 0) is 9.84 Å². The highest BCUT2D eigenvalue weighted by Crippen LogP contribution is 2.27. The van der Waals surface area contributed by atoms with Crippen LogP contribution in [0.5, 0.6) is 0 Å². The second kappa shape index (κ2) is 4.51. The molecule has 2 aliphatic heterocycles. The standard InChI is InChI=1S/C10H17N5O2S/c16-18(17)6-1-8(7-18)9-12-10(14-13-9)15-4-2-11-3-5-15/h8,11H,1-7H2,(H,12,13,14). The minimum atomic E-state index is -2.87. The van der Waals surface area contributed by atoms with Gasteiger partial charge in [-0.05, 0) is 6.42 Å². The molecular formula is C10H17N5O2S. The van der Waals surface area contributed by atoms with E-state index in [2.05, 4.69) is 25.4 Å². The summed E-state index contributed by atoms with van der Waals surface area (Å²) >= 11 is 0. The topological polar surface area (TPSA) is 91.0 Å². The number of nitrogens with zero attached hydrogens (tertiary/aromatic N) is 3. The maximum atomic E-state index is 11.4. The van der Waals surface area contributed by atoms with E-state index in [4.69, 9.17) is 0 Å². The van der Waals surface area contributed by atoms with Gasteiger partial charge in [0.25, 0.3) is 0 Å². The molecule has 0 spiro atoms. The Morgan fingerprint density at radius 2 is 2.06 bits per heavy atom. The van der Waals surface area contributed by atoms with Gasteiger partial charge >= 0.3 is 0 Å². The van der Waals surface area contributed by atoms with Crippen LogP contribution in [0.25, 0.3) is 0 Å². The molecule has 3 heterocycles. The van der Waals surface area contributed by atoms with Crippen molar-refractivity contribution in [3.05, 3.63) is 5.82 Å². The Labute approximate surface area is 106 Å². The zero-order chi connectivity index (χ0) is 12.6. The SMILES string of the molecule is O=S1(=O)CCC(c2nc(N3CCNCC3)n[nH]2)C1. The van der Waals surface area contributed by atoms with Gasteiger partial charge in [0.2, 0.25) is 5.95 Å². The Morgan fingerprint density at radius 1 is 1.28 bits per heavy atom. The zero-order valence-electron chi connectivity index (χ0n) is 10.1. The predicted molar refractivity (Wildman–Crippen MR) is 67.5 cm³/mol. The lowest BCUT2D eigenvalue weighted by Gasteiger charge is -2.25. The van der Waals surface area contributed by atoms with Crippen molar-refractivity contribution < 1.29 is 8.42 Å². The molecule has 2 fully saturated rings. The van der Waals surface area contributed by atoms with Crippen molar-refractivity contribution >= 4 is 15.8 Å². The van der Waals surface area contributed by atoms with E-state index >= 15 is 0 Å². The quantitative estimate of drug-likeness (QED) is 0.725. The first-order valence-electron chi connectivity index (χ1n) is 6.22. The van der Waals surface area contributed by atoms with E-state index in [1.165, 1.54) is 0 Å². The molecule has 1 atom stereocenters. The molecule has 8 heteroatoms. The molecule has 3 rings (SSSR count). The molecule has 1 unspecified atom stereocenters. The van der Waals surface area contributed by atoms with Crippen molar-refractivity contribution in [3.63, 3.8) is 0 Å². The van der Waals surface area contributed by atoms with Gasteiger partial charge < -0.3 is 10.2 Å². The van der Waals surface area contributed by atoms with Crippen LogP contribution in [0, 0.1) is 0 Å². The largest absolute Gasteiger partial charge is 0.337 e. The molecule has 1 aromatic heterocycles. The summed E-state index contributed by atoms with van der Waals surface area (Å²) in [6.07, 6.45) is 0.651. The molecule has 1 aromatic rings. The maximum Gasteiger partial charge on any atom is 0.244 e. The van der Waals surface area contributed by atoms with E-state index in [9.17, 15) is 8.42 Å². The second-order valence-electron chi connectivity index (χ2n) is 4.86. The summed E-state index contributed by atoms with van der Waals surface area (Å²) in [5.41, 5.74) is 0. The lowest BCUT2D eigenvalue weighted by atomic mass is 10.1. The molecule has 2 saturated heterocycles. The lowest BCUT2D eigenvalue weighted by Crippen LogP contribution is -2.44. The van der Waals surface area contributed by atoms with Crippen LogP contribution in [0.3, 0.4) is 0 Å². The smallest absolute Gasteiger partial charge is 0.244 e. The van der Waals surface area contributed by atoms with Gasteiger partial charge in [-0.3, -0.25) is 5.10 Å². The summed E-state index contributed by atoms with van der Waals surface area (Å²) < 4.78 is 22.9. The van der Waals surface area contributed by atoms with Crippen molar-refractivity contribution in [3.8, 4) is 0 Å². The molecule has 7 nitrogen and oxygen atoms in total. The summed E-state index contributed by atoms with van der Waals surface area (Å²) in [5.74, 6) is 1.85. The van der Waals surface area contributed by atoms with Crippen molar-refractivity contribution in [2.45, 2.75) is 12.3 Å². The first-order chi connectivity index (χ1) is 8.64. The van der Waals surface area contributed by atoms with E-state index in [0.29, 0.717) is 18.2 Å². The van der Waals surface area contributed by atoms with Gasteiger partial charge in [0.1, 0.15) is 5.82 Å². The van der Waals surface area contributed by atoms with Gasteiger partial charge in [-0.25, -0.2) is 8.42 Å². The Hall–Kier alpha value is -1.15. The first kappa shape index (κ1) is 11.9. The summed E-state index contributed by atoms with van der Waals surface area (Å²) in [7, 11) is -2.87. The zero-order valence-corrected chi connectivity index (χ0v) is 10.9. The number of sulfone groups is 1. The Balaban J connectivity index is 1.73. The summed E-state index contributed by atoms with van der Waals surface area (Å²) in [6.45, 7) is 3.64. The van der Waals surface area contributed by atoms with Gasteiger partial charge in [-0.1, -0.05) is 0 Å². The fourth-order valence-corrected chi connectivity index (χ4v) is 4.21. The molecule has 0 amide bonds. The predicted octanol–water partition coefficient (Wildman–Crippen LogP) is -0.884. The highest BCUT2D eigenvalue weighted by molar-refractivity contribution is 7.91. The molecule has 0 radical (unpaired) electrons.